The van der Waals surface area contributed by atoms with E-state index in [4.69, 9.17) is 4.74 Å². The lowest BCUT2D eigenvalue weighted by Crippen LogP contribution is -2.07. The highest BCUT2D eigenvalue weighted by atomic mass is 19.1. The molecular formula is C10H11FO2. The molecule has 1 saturated carbocycles. The molecule has 0 radical (unpaired) electrons. The van der Waals surface area contributed by atoms with Gasteiger partial charge in [0.15, 0.2) is 11.6 Å². The summed E-state index contributed by atoms with van der Waals surface area (Å²) in [5.74, 6) is -0.247. The summed E-state index contributed by atoms with van der Waals surface area (Å²) in [5.41, 5.74) is -0.275. The van der Waals surface area contributed by atoms with Gasteiger partial charge in [-0.15, -0.1) is 0 Å². The van der Waals surface area contributed by atoms with E-state index in [1.165, 1.54) is 13.2 Å². The zero-order valence-corrected chi connectivity index (χ0v) is 7.38. The highest BCUT2D eigenvalue weighted by Crippen LogP contribution is 2.49. The van der Waals surface area contributed by atoms with Gasteiger partial charge in [0, 0.05) is 5.56 Å². The topological polar surface area (TPSA) is 29.5 Å². The van der Waals surface area contributed by atoms with E-state index in [0.29, 0.717) is 18.4 Å². The van der Waals surface area contributed by atoms with Crippen LogP contribution in [0.3, 0.4) is 0 Å². The fraction of sp³-hybridized carbons (Fsp3) is 0.400. The van der Waals surface area contributed by atoms with Crippen molar-refractivity contribution in [3.63, 3.8) is 0 Å². The monoisotopic (exact) mass is 182 g/mol. The van der Waals surface area contributed by atoms with Crippen molar-refractivity contribution in [1.82, 2.24) is 0 Å². The molecule has 0 spiro atoms. The second-order valence-corrected chi connectivity index (χ2v) is 3.35. The summed E-state index contributed by atoms with van der Waals surface area (Å²) in [6.07, 6.45) is 1.37. The van der Waals surface area contributed by atoms with E-state index in [2.05, 4.69) is 0 Å². The number of benzene rings is 1. The maximum atomic E-state index is 13.2. The van der Waals surface area contributed by atoms with Crippen molar-refractivity contribution in [3.8, 4) is 5.75 Å². The second-order valence-electron chi connectivity index (χ2n) is 3.35. The largest absolute Gasteiger partial charge is 0.493 e. The third kappa shape index (κ3) is 1.29. The van der Waals surface area contributed by atoms with E-state index in [1.54, 1.807) is 12.1 Å². The van der Waals surface area contributed by atoms with Gasteiger partial charge in [-0.3, -0.25) is 0 Å². The van der Waals surface area contributed by atoms with Crippen LogP contribution < -0.4 is 4.74 Å². The first-order valence-electron chi connectivity index (χ1n) is 4.23. The Balaban J connectivity index is 2.50. The number of hydrogen-bond donors (Lipinski definition) is 1. The van der Waals surface area contributed by atoms with Crippen molar-refractivity contribution in [1.29, 1.82) is 0 Å². The second kappa shape index (κ2) is 2.70. The molecule has 1 aliphatic carbocycles. The van der Waals surface area contributed by atoms with Crippen LogP contribution in [0, 0.1) is 5.82 Å². The van der Waals surface area contributed by atoms with E-state index in [-0.39, 0.29) is 5.75 Å². The average molecular weight is 182 g/mol. The number of halogens is 1. The molecule has 0 saturated heterocycles. The average Bonchev–Trinajstić information content (AvgIpc) is 2.85. The van der Waals surface area contributed by atoms with Crippen LogP contribution in [0.4, 0.5) is 4.39 Å². The Morgan fingerprint density at radius 2 is 2.15 bits per heavy atom. The van der Waals surface area contributed by atoms with Crippen LogP contribution in [-0.2, 0) is 5.60 Å². The highest BCUT2D eigenvalue weighted by molar-refractivity contribution is 5.41. The van der Waals surface area contributed by atoms with Crippen LogP contribution >= 0.6 is 0 Å². The standard InChI is InChI=1S/C10H11FO2/c1-13-9-7(10(12)5-6-10)3-2-4-8(9)11/h2-4,12H,5-6H2,1H3. The predicted octanol–water partition coefficient (Wildman–Crippen LogP) is 1.82. The van der Waals surface area contributed by atoms with Gasteiger partial charge in [0.25, 0.3) is 0 Å². The van der Waals surface area contributed by atoms with Crippen LogP contribution in [0.15, 0.2) is 18.2 Å². The van der Waals surface area contributed by atoms with Crippen LogP contribution in [0.25, 0.3) is 0 Å². The summed E-state index contributed by atoms with van der Waals surface area (Å²) in [4.78, 5) is 0. The Kier molecular flexibility index (Phi) is 1.77. The summed E-state index contributed by atoms with van der Waals surface area (Å²) < 4.78 is 18.1. The van der Waals surface area contributed by atoms with Crippen molar-refractivity contribution < 1.29 is 14.2 Å². The smallest absolute Gasteiger partial charge is 0.165 e. The lowest BCUT2D eigenvalue weighted by Gasteiger charge is -2.13. The van der Waals surface area contributed by atoms with Crippen LogP contribution in [0.5, 0.6) is 5.75 Å². The van der Waals surface area contributed by atoms with Crippen molar-refractivity contribution in [2.75, 3.05) is 7.11 Å². The van der Waals surface area contributed by atoms with Crippen molar-refractivity contribution in [2.24, 2.45) is 0 Å². The summed E-state index contributed by atoms with van der Waals surface area (Å²) in [6, 6.07) is 4.62. The molecule has 70 valence electrons. The molecule has 0 aliphatic heterocycles. The summed E-state index contributed by atoms with van der Waals surface area (Å²) in [5, 5.41) is 9.79. The maximum absolute atomic E-state index is 13.2. The minimum atomic E-state index is -0.840. The van der Waals surface area contributed by atoms with E-state index in [1.807, 2.05) is 0 Å². The van der Waals surface area contributed by atoms with Gasteiger partial charge in [-0.25, -0.2) is 4.39 Å². The maximum Gasteiger partial charge on any atom is 0.165 e. The lowest BCUT2D eigenvalue weighted by atomic mass is 10.1. The normalized spacial score (nSPS) is 18.4. The molecule has 0 aromatic heterocycles. The van der Waals surface area contributed by atoms with E-state index in [0.717, 1.165) is 0 Å². The van der Waals surface area contributed by atoms with Gasteiger partial charge in [0.05, 0.1) is 12.7 Å². The molecule has 0 unspecified atom stereocenters. The van der Waals surface area contributed by atoms with Gasteiger partial charge in [-0.1, -0.05) is 12.1 Å². The quantitative estimate of drug-likeness (QED) is 0.755. The Morgan fingerprint density at radius 1 is 1.46 bits per heavy atom. The SMILES string of the molecule is COc1c(F)cccc1C1(O)CC1. The molecule has 1 fully saturated rings. The molecule has 3 heteroatoms. The lowest BCUT2D eigenvalue weighted by molar-refractivity contribution is 0.146. The van der Waals surface area contributed by atoms with Crippen LogP contribution in [0.2, 0.25) is 0 Å². The van der Waals surface area contributed by atoms with Gasteiger partial charge in [0.2, 0.25) is 0 Å². The summed E-state index contributed by atoms with van der Waals surface area (Å²) in [7, 11) is 1.41. The molecule has 0 bridgehead atoms. The zero-order chi connectivity index (χ0) is 9.47. The third-order valence-corrected chi connectivity index (χ3v) is 2.40. The molecular weight excluding hydrogens is 171 g/mol. The summed E-state index contributed by atoms with van der Waals surface area (Å²) >= 11 is 0. The Morgan fingerprint density at radius 3 is 2.69 bits per heavy atom. The summed E-state index contributed by atoms with van der Waals surface area (Å²) in [6.45, 7) is 0. The number of para-hydroxylation sites is 1. The van der Waals surface area contributed by atoms with Crippen LogP contribution in [0.1, 0.15) is 18.4 Å². The number of rotatable bonds is 2. The van der Waals surface area contributed by atoms with E-state index >= 15 is 0 Å². The first-order chi connectivity index (χ1) is 6.17. The molecule has 13 heavy (non-hydrogen) atoms. The van der Waals surface area contributed by atoms with Gasteiger partial charge in [0.1, 0.15) is 0 Å². The molecule has 0 amide bonds. The van der Waals surface area contributed by atoms with E-state index < -0.39 is 11.4 Å². The molecule has 1 aliphatic rings. The van der Waals surface area contributed by atoms with Gasteiger partial charge in [-0.05, 0) is 18.9 Å². The first-order valence-corrected chi connectivity index (χ1v) is 4.23. The fourth-order valence-electron chi connectivity index (χ4n) is 1.47. The van der Waals surface area contributed by atoms with Gasteiger partial charge in [-0.2, -0.15) is 0 Å². The third-order valence-electron chi connectivity index (χ3n) is 2.40. The Hall–Kier alpha value is -1.09. The highest BCUT2D eigenvalue weighted by Gasteiger charge is 2.44. The van der Waals surface area contributed by atoms with Crippen molar-refractivity contribution >= 4 is 0 Å². The molecule has 0 heterocycles. The minimum Gasteiger partial charge on any atom is -0.493 e. The number of ether oxygens (including phenoxy) is 1. The van der Waals surface area contributed by atoms with Gasteiger partial charge < -0.3 is 9.84 Å². The number of methoxy groups -OCH3 is 1. The predicted molar refractivity (Wildman–Crippen MR) is 46.1 cm³/mol. The molecule has 2 rings (SSSR count). The molecule has 0 atom stereocenters. The first kappa shape index (κ1) is 8.51. The minimum absolute atomic E-state index is 0.169. The molecule has 1 N–H and O–H groups in total. The molecule has 1 aromatic carbocycles. The number of aliphatic hydroxyl groups is 1. The van der Waals surface area contributed by atoms with Crippen molar-refractivity contribution in [3.05, 3.63) is 29.6 Å². The molecule has 1 aromatic rings. The molecule has 2 nitrogen and oxygen atoms in total. The Bertz CT molecular complexity index is 332. The Labute approximate surface area is 76.0 Å². The van der Waals surface area contributed by atoms with Gasteiger partial charge >= 0.3 is 0 Å². The zero-order valence-electron chi connectivity index (χ0n) is 7.38. The number of hydrogen-bond acceptors (Lipinski definition) is 2. The fourth-order valence-corrected chi connectivity index (χ4v) is 1.47. The van der Waals surface area contributed by atoms with Crippen molar-refractivity contribution in [2.45, 2.75) is 18.4 Å². The van der Waals surface area contributed by atoms with Crippen LogP contribution in [-0.4, -0.2) is 12.2 Å². The van der Waals surface area contributed by atoms with E-state index in [9.17, 15) is 9.50 Å².